The van der Waals surface area contributed by atoms with Crippen LogP contribution in [-0.2, 0) is 0 Å². The summed E-state index contributed by atoms with van der Waals surface area (Å²) < 4.78 is 0. The zero-order valence-electron chi connectivity index (χ0n) is 12.7. The molecule has 18 heavy (non-hydrogen) atoms. The Morgan fingerprint density at radius 2 is 1.89 bits per heavy atom. The number of nitrogens with one attached hydrogen (secondary N) is 1. The topological polar surface area (TPSA) is 15.3 Å². The molecule has 0 aromatic heterocycles. The Morgan fingerprint density at radius 3 is 2.44 bits per heavy atom. The van der Waals surface area contributed by atoms with Crippen LogP contribution in [0.3, 0.4) is 0 Å². The molecule has 2 rings (SSSR count). The SMILES string of the molecule is CCCC1(CN2C(C)CCCC2C)CCCNC1. The summed E-state index contributed by atoms with van der Waals surface area (Å²) in [5.41, 5.74) is 0.562. The fourth-order valence-electron chi connectivity index (χ4n) is 4.16. The molecule has 0 bridgehead atoms. The Bertz CT molecular complexity index is 230. The predicted molar refractivity (Wildman–Crippen MR) is 78.9 cm³/mol. The molecule has 0 spiro atoms. The summed E-state index contributed by atoms with van der Waals surface area (Å²) in [6, 6.07) is 1.59. The van der Waals surface area contributed by atoms with Crippen molar-refractivity contribution in [3.05, 3.63) is 0 Å². The molecule has 0 aromatic rings. The van der Waals surface area contributed by atoms with Gasteiger partial charge in [0, 0.05) is 25.2 Å². The molecule has 2 saturated heterocycles. The van der Waals surface area contributed by atoms with Gasteiger partial charge in [0.05, 0.1) is 0 Å². The minimum atomic E-state index is 0.562. The third-order valence-electron chi connectivity index (χ3n) is 5.24. The third kappa shape index (κ3) is 3.27. The summed E-state index contributed by atoms with van der Waals surface area (Å²) >= 11 is 0. The van der Waals surface area contributed by atoms with E-state index in [2.05, 4.69) is 31.0 Å². The molecular weight excluding hydrogens is 220 g/mol. The lowest BCUT2D eigenvalue weighted by Gasteiger charge is -2.47. The normalized spacial score (nSPS) is 38.8. The van der Waals surface area contributed by atoms with Gasteiger partial charge in [0.25, 0.3) is 0 Å². The van der Waals surface area contributed by atoms with Gasteiger partial charge in [-0.05, 0) is 57.9 Å². The first-order valence-corrected chi connectivity index (χ1v) is 8.13. The van der Waals surface area contributed by atoms with Gasteiger partial charge < -0.3 is 5.32 Å². The molecule has 2 aliphatic rings. The van der Waals surface area contributed by atoms with Crippen molar-refractivity contribution in [2.45, 2.75) is 77.8 Å². The second-order valence-corrected chi connectivity index (χ2v) is 6.83. The summed E-state index contributed by atoms with van der Waals surface area (Å²) in [6.45, 7) is 11.0. The summed E-state index contributed by atoms with van der Waals surface area (Å²) in [4.78, 5) is 2.81. The van der Waals surface area contributed by atoms with Gasteiger partial charge in [-0.3, -0.25) is 4.90 Å². The standard InChI is InChI=1S/C16H32N2/c1-4-9-16(10-6-11-17-12-16)13-18-14(2)7-5-8-15(18)3/h14-15,17H,4-13H2,1-3H3. The lowest BCUT2D eigenvalue weighted by atomic mass is 9.75. The number of hydrogen-bond acceptors (Lipinski definition) is 2. The molecule has 2 heteroatoms. The minimum Gasteiger partial charge on any atom is -0.316 e. The van der Waals surface area contributed by atoms with E-state index >= 15 is 0 Å². The number of rotatable bonds is 4. The van der Waals surface area contributed by atoms with Crippen LogP contribution in [0, 0.1) is 5.41 Å². The minimum absolute atomic E-state index is 0.562. The zero-order chi connectivity index (χ0) is 13.0. The fourth-order valence-corrected chi connectivity index (χ4v) is 4.16. The average Bonchev–Trinajstić information content (AvgIpc) is 2.36. The van der Waals surface area contributed by atoms with E-state index in [1.54, 1.807) is 0 Å². The molecular formula is C16H32N2. The van der Waals surface area contributed by atoms with Crippen LogP contribution in [0.4, 0.5) is 0 Å². The van der Waals surface area contributed by atoms with E-state index in [1.165, 1.54) is 64.6 Å². The molecule has 1 N–H and O–H groups in total. The van der Waals surface area contributed by atoms with Crippen molar-refractivity contribution in [1.82, 2.24) is 10.2 Å². The highest BCUT2D eigenvalue weighted by Crippen LogP contribution is 2.35. The van der Waals surface area contributed by atoms with Gasteiger partial charge in [0.2, 0.25) is 0 Å². The van der Waals surface area contributed by atoms with Crippen LogP contribution < -0.4 is 5.32 Å². The Hall–Kier alpha value is -0.0800. The highest BCUT2D eigenvalue weighted by atomic mass is 15.2. The Balaban J connectivity index is 2.02. The second-order valence-electron chi connectivity index (χ2n) is 6.83. The molecule has 0 aromatic carbocycles. The van der Waals surface area contributed by atoms with Crippen LogP contribution in [0.25, 0.3) is 0 Å². The molecule has 106 valence electrons. The van der Waals surface area contributed by atoms with E-state index in [1.807, 2.05) is 0 Å². The summed E-state index contributed by atoms with van der Waals surface area (Å²) in [5.74, 6) is 0. The van der Waals surface area contributed by atoms with E-state index < -0.39 is 0 Å². The fraction of sp³-hybridized carbons (Fsp3) is 1.00. The van der Waals surface area contributed by atoms with Crippen LogP contribution in [0.2, 0.25) is 0 Å². The smallest absolute Gasteiger partial charge is 0.00700 e. The van der Waals surface area contributed by atoms with E-state index in [-0.39, 0.29) is 0 Å². The molecule has 0 saturated carbocycles. The Labute approximate surface area is 114 Å². The van der Waals surface area contributed by atoms with Crippen molar-refractivity contribution < 1.29 is 0 Å². The average molecular weight is 252 g/mol. The highest BCUT2D eigenvalue weighted by Gasteiger charge is 2.36. The van der Waals surface area contributed by atoms with Crippen molar-refractivity contribution >= 4 is 0 Å². The van der Waals surface area contributed by atoms with Crippen molar-refractivity contribution in [3.8, 4) is 0 Å². The van der Waals surface area contributed by atoms with E-state index in [0.717, 1.165) is 12.1 Å². The van der Waals surface area contributed by atoms with Crippen molar-refractivity contribution in [2.24, 2.45) is 5.41 Å². The lowest BCUT2D eigenvalue weighted by molar-refractivity contribution is 0.0308. The van der Waals surface area contributed by atoms with Crippen LogP contribution in [0.1, 0.15) is 65.7 Å². The van der Waals surface area contributed by atoms with Gasteiger partial charge >= 0.3 is 0 Å². The Morgan fingerprint density at radius 1 is 1.17 bits per heavy atom. The van der Waals surface area contributed by atoms with Gasteiger partial charge in [0.1, 0.15) is 0 Å². The van der Waals surface area contributed by atoms with Gasteiger partial charge in [-0.2, -0.15) is 0 Å². The van der Waals surface area contributed by atoms with Gasteiger partial charge in [0.15, 0.2) is 0 Å². The van der Waals surface area contributed by atoms with Gasteiger partial charge in [-0.25, -0.2) is 0 Å². The van der Waals surface area contributed by atoms with Gasteiger partial charge in [-0.1, -0.05) is 19.8 Å². The first-order chi connectivity index (χ1) is 8.67. The van der Waals surface area contributed by atoms with E-state index in [0.29, 0.717) is 5.41 Å². The molecule has 2 nitrogen and oxygen atoms in total. The molecule has 3 atom stereocenters. The first kappa shape index (κ1) is 14.3. The van der Waals surface area contributed by atoms with Crippen LogP contribution >= 0.6 is 0 Å². The summed E-state index contributed by atoms with van der Waals surface area (Å²) in [7, 11) is 0. The van der Waals surface area contributed by atoms with E-state index in [4.69, 9.17) is 0 Å². The van der Waals surface area contributed by atoms with Gasteiger partial charge in [-0.15, -0.1) is 0 Å². The highest BCUT2D eigenvalue weighted by molar-refractivity contribution is 4.91. The molecule has 0 radical (unpaired) electrons. The molecule has 2 fully saturated rings. The van der Waals surface area contributed by atoms with E-state index in [9.17, 15) is 0 Å². The molecule has 0 amide bonds. The van der Waals surface area contributed by atoms with Crippen molar-refractivity contribution in [2.75, 3.05) is 19.6 Å². The molecule has 0 aliphatic carbocycles. The predicted octanol–water partition coefficient (Wildman–Crippen LogP) is 3.42. The maximum Gasteiger partial charge on any atom is 0.00700 e. The number of hydrogen-bond donors (Lipinski definition) is 1. The molecule has 3 unspecified atom stereocenters. The largest absolute Gasteiger partial charge is 0.316 e. The molecule has 2 heterocycles. The monoisotopic (exact) mass is 252 g/mol. The zero-order valence-corrected chi connectivity index (χ0v) is 12.7. The maximum atomic E-state index is 3.65. The number of likely N-dealkylation sites (tertiary alicyclic amines) is 1. The van der Waals surface area contributed by atoms with Crippen LogP contribution in [-0.4, -0.2) is 36.6 Å². The third-order valence-corrected chi connectivity index (χ3v) is 5.24. The summed E-state index contributed by atoms with van der Waals surface area (Å²) in [6.07, 6.45) is 9.77. The van der Waals surface area contributed by atoms with Crippen LogP contribution in [0.5, 0.6) is 0 Å². The molecule has 2 aliphatic heterocycles. The van der Waals surface area contributed by atoms with Crippen molar-refractivity contribution in [1.29, 1.82) is 0 Å². The van der Waals surface area contributed by atoms with Crippen molar-refractivity contribution in [3.63, 3.8) is 0 Å². The van der Waals surface area contributed by atoms with Crippen LogP contribution in [0.15, 0.2) is 0 Å². The number of piperidine rings is 2. The lowest BCUT2D eigenvalue weighted by Crippen LogP contribution is -2.53. The Kier molecular flexibility index (Phi) is 5.08. The number of nitrogens with zero attached hydrogens (tertiary/aromatic N) is 1. The second kappa shape index (κ2) is 6.38. The maximum absolute atomic E-state index is 3.65. The first-order valence-electron chi connectivity index (χ1n) is 8.13. The summed E-state index contributed by atoms with van der Waals surface area (Å²) in [5, 5.41) is 3.65. The quantitative estimate of drug-likeness (QED) is 0.825.